The van der Waals surface area contributed by atoms with Crippen LogP contribution in [0.2, 0.25) is 0 Å². The predicted octanol–water partition coefficient (Wildman–Crippen LogP) is 30.0. The molecule has 0 aliphatic carbocycles. The molecule has 0 N–H and O–H groups in total. The first kappa shape index (κ1) is 78.8. The number of hydrogen-bond acceptors (Lipinski definition) is 9. The monoisotopic (exact) mass is 1760 g/mol. The van der Waals surface area contributed by atoms with Crippen LogP contribution in [0, 0.1) is 0 Å². The van der Waals surface area contributed by atoms with E-state index in [1.807, 2.05) is 97.5 Å². The van der Waals surface area contributed by atoms with Gasteiger partial charge in [0, 0.05) is 133 Å². The van der Waals surface area contributed by atoms with Crippen LogP contribution in [0.5, 0.6) is 0 Å². The average molecular weight is 1770 g/mol. The largest absolute Gasteiger partial charge is 0.309 e. The average Bonchev–Trinajstić information content (AvgIpc) is 1.55. The van der Waals surface area contributed by atoms with Gasteiger partial charge < -0.3 is 13.7 Å². The number of benzene rings is 17. The van der Waals surface area contributed by atoms with Gasteiger partial charge in [0.15, 0.2) is 0 Å². The third-order valence-corrected chi connectivity index (χ3v) is 27.0. The van der Waals surface area contributed by atoms with E-state index in [-0.39, 0.29) is 0 Å². The van der Waals surface area contributed by atoms with E-state index < -0.39 is 0 Å². The minimum absolute atomic E-state index is 0.598. The van der Waals surface area contributed by atoms with E-state index in [0.717, 1.165) is 171 Å². The van der Waals surface area contributed by atoms with Crippen LogP contribution in [0.1, 0.15) is 0 Å². The molecule has 29 rings (SSSR count). The Morgan fingerprint density at radius 1 is 0.145 bits per heavy atom. The normalized spacial score (nSPS) is 11.8. The third-order valence-electron chi connectivity index (χ3n) is 27.0. The van der Waals surface area contributed by atoms with E-state index in [4.69, 9.17) is 44.9 Å². The van der Waals surface area contributed by atoms with Gasteiger partial charge in [-0.1, -0.05) is 309 Å². The Bertz CT molecular complexity index is 9880. The molecular weight excluding hydrogens is 1690 g/mol. The molecule has 0 radical (unpaired) electrons. The summed E-state index contributed by atoms with van der Waals surface area (Å²) in [6.07, 6.45) is 5.55. The highest BCUT2D eigenvalue weighted by atomic mass is 15.2. The van der Waals surface area contributed by atoms with Gasteiger partial charge in [0.2, 0.25) is 17.8 Å². The van der Waals surface area contributed by atoms with Crippen molar-refractivity contribution in [2.24, 2.45) is 0 Å². The zero-order valence-corrected chi connectivity index (χ0v) is 74.2. The summed E-state index contributed by atoms with van der Waals surface area (Å²) in [6, 6.07) is 157. The van der Waals surface area contributed by atoms with Crippen molar-refractivity contribution < 1.29 is 0 Å². The highest BCUT2D eigenvalue weighted by Gasteiger charge is 2.29. The standard InChI is InChI=1S/2C43H27N5.C37H23N5/c1-3-12-28(13-4-1)29-21-23-30(24-22-29)41-32-16-7-9-19-35(32)45-43(46-41)48-38-26-25-37-39(40(38)34-18-11-27-44-42(34)48)33-17-8-10-20-36(33)47(37)31-14-5-2-6-15-31;1-3-12-28(13-4-1)29-21-23-31(24-22-29)47-36-20-10-8-17-33(36)39-37(47)25-26-38-40(39)34-18-11-27-44-42(34)48(38)43-45-35-19-9-7-16-32(35)41(46-43)30-14-5-2-6-15-30;1-3-12-24(13-4-1)34-28-17-7-9-19-30(28)39-37(40-34)42-32-22-21-27-26-16-8-10-20-31(26)41(25-14-5-2-6-15-25)35(27)33(32)29-18-11-23-38-36(29)42/h2*1-27H;1-23H. The molecule has 0 aliphatic heterocycles. The quantitative estimate of drug-likeness (QED) is 0.123. The van der Waals surface area contributed by atoms with Crippen LogP contribution in [-0.2, 0) is 0 Å². The molecule has 0 unspecified atom stereocenters. The topological polar surface area (TPSA) is 146 Å². The van der Waals surface area contributed by atoms with Crippen molar-refractivity contribution in [2.75, 3.05) is 0 Å². The van der Waals surface area contributed by atoms with Crippen LogP contribution in [-0.4, -0.2) is 72.3 Å². The first-order valence-corrected chi connectivity index (χ1v) is 46.3. The van der Waals surface area contributed by atoms with Crippen LogP contribution in [0.4, 0.5) is 0 Å². The van der Waals surface area contributed by atoms with Gasteiger partial charge in [-0.05, 0) is 162 Å². The van der Waals surface area contributed by atoms with Crippen LogP contribution in [0.25, 0.3) is 255 Å². The second kappa shape index (κ2) is 32.5. The Labute approximate surface area is 789 Å². The van der Waals surface area contributed by atoms with Gasteiger partial charge in [0.1, 0.15) is 16.9 Å². The number of fused-ring (bicyclic) bond motifs is 24. The summed E-state index contributed by atoms with van der Waals surface area (Å²) in [7, 11) is 0. The van der Waals surface area contributed by atoms with Gasteiger partial charge >= 0.3 is 0 Å². The maximum atomic E-state index is 5.32. The molecule has 29 aromatic rings. The van der Waals surface area contributed by atoms with Gasteiger partial charge in [-0.3, -0.25) is 13.7 Å². The fourth-order valence-corrected chi connectivity index (χ4v) is 21.0. The molecule has 12 aromatic heterocycles. The van der Waals surface area contributed by atoms with Crippen molar-refractivity contribution in [3.8, 4) is 90.9 Å². The summed E-state index contributed by atoms with van der Waals surface area (Å²) in [4.78, 5) is 46.0. The zero-order valence-electron chi connectivity index (χ0n) is 74.2. The van der Waals surface area contributed by atoms with Crippen LogP contribution < -0.4 is 0 Å². The number of rotatable bonds is 11. The lowest BCUT2D eigenvalue weighted by atomic mass is 10.0. The van der Waals surface area contributed by atoms with E-state index >= 15 is 0 Å². The number of nitrogens with zero attached hydrogens (tertiary/aromatic N) is 15. The Kier molecular flexibility index (Phi) is 18.6. The molecular formula is C123H77N15. The summed E-state index contributed by atoms with van der Waals surface area (Å²) < 4.78 is 13.5. The Balaban J connectivity index is 0.000000105. The van der Waals surface area contributed by atoms with Crippen molar-refractivity contribution >= 4 is 164 Å². The molecule has 0 aliphatic rings. The molecule has 0 saturated carbocycles. The Morgan fingerprint density at radius 2 is 0.406 bits per heavy atom. The fraction of sp³-hybridized carbons (Fsp3) is 0. The molecule has 0 amide bonds. The highest BCUT2D eigenvalue weighted by Crippen LogP contribution is 2.48. The lowest BCUT2D eigenvalue weighted by Crippen LogP contribution is -2.04. The fourth-order valence-electron chi connectivity index (χ4n) is 21.0. The summed E-state index contributed by atoms with van der Waals surface area (Å²) in [6.45, 7) is 0. The van der Waals surface area contributed by atoms with Crippen LogP contribution >= 0.6 is 0 Å². The second-order valence-corrected chi connectivity index (χ2v) is 34.7. The Hall–Kier alpha value is -19.0. The van der Waals surface area contributed by atoms with Gasteiger partial charge in [0.05, 0.1) is 83.3 Å². The van der Waals surface area contributed by atoms with E-state index in [2.05, 4.69) is 397 Å². The van der Waals surface area contributed by atoms with Crippen molar-refractivity contribution in [2.45, 2.75) is 0 Å². The zero-order chi connectivity index (χ0) is 90.8. The highest BCUT2D eigenvalue weighted by molar-refractivity contribution is 6.31. The maximum Gasteiger partial charge on any atom is 0.237 e. The van der Waals surface area contributed by atoms with Crippen molar-refractivity contribution in [1.29, 1.82) is 0 Å². The molecule has 0 bridgehead atoms. The molecule has 17 aromatic carbocycles. The van der Waals surface area contributed by atoms with Gasteiger partial charge in [-0.25, -0.2) is 44.9 Å². The number of aromatic nitrogens is 15. The summed E-state index contributed by atoms with van der Waals surface area (Å²) in [5.74, 6) is 1.81. The van der Waals surface area contributed by atoms with Crippen LogP contribution in [0.3, 0.4) is 0 Å². The van der Waals surface area contributed by atoms with Crippen molar-refractivity contribution in [3.63, 3.8) is 0 Å². The molecule has 15 heteroatoms. The summed E-state index contributed by atoms with van der Waals surface area (Å²) in [5, 5.41) is 16.9. The molecule has 0 fully saturated rings. The lowest BCUT2D eigenvalue weighted by molar-refractivity contribution is 0.997. The second-order valence-electron chi connectivity index (χ2n) is 34.7. The van der Waals surface area contributed by atoms with E-state index in [1.165, 1.54) is 65.6 Å². The summed E-state index contributed by atoms with van der Waals surface area (Å²) >= 11 is 0. The van der Waals surface area contributed by atoms with E-state index in [1.54, 1.807) is 0 Å². The first-order chi connectivity index (χ1) is 68.5. The van der Waals surface area contributed by atoms with Crippen molar-refractivity contribution in [1.82, 2.24) is 72.3 Å². The molecule has 12 heterocycles. The van der Waals surface area contributed by atoms with Gasteiger partial charge in [0.25, 0.3) is 0 Å². The van der Waals surface area contributed by atoms with E-state index in [0.29, 0.717) is 17.8 Å². The lowest BCUT2D eigenvalue weighted by Gasteiger charge is -2.12. The minimum Gasteiger partial charge on any atom is -0.309 e. The summed E-state index contributed by atoms with van der Waals surface area (Å²) in [5.41, 5.74) is 29.1. The molecule has 15 nitrogen and oxygen atoms in total. The van der Waals surface area contributed by atoms with E-state index in [9.17, 15) is 0 Å². The smallest absolute Gasteiger partial charge is 0.237 e. The molecule has 644 valence electrons. The molecule has 138 heavy (non-hydrogen) atoms. The first-order valence-electron chi connectivity index (χ1n) is 46.3. The maximum absolute atomic E-state index is 5.32. The van der Waals surface area contributed by atoms with Gasteiger partial charge in [-0.15, -0.1) is 0 Å². The number of pyridine rings is 3. The van der Waals surface area contributed by atoms with Crippen LogP contribution in [0.15, 0.2) is 468 Å². The van der Waals surface area contributed by atoms with Crippen molar-refractivity contribution in [3.05, 3.63) is 468 Å². The molecule has 0 spiro atoms. The van der Waals surface area contributed by atoms with Gasteiger partial charge in [-0.2, -0.15) is 0 Å². The molecule has 0 atom stereocenters. The predicted molar refractivity (Wildman–Crippen MR) is 565 cm³/mol. The molecule has 0 saturated heterocycles. The number of hydrogen-bond donors (Lipinski definition) is 0. The SMILES string of the molecule is c1ccc(-c2ccc(-c3nc(-n4c5ccc6c(c7ccccc7n6-c6ccccc6)c5c5cccnc54)nc4ccccc34)cc2)cc1.c1ccc(-c2ccc(-n3c4ccccc4c4c5c6cccnc6n(-c6nc(-c7ccccc7)c7ccccc7n6)c5ccc43)cc2)cc1.c1ccc(-c2nc(-n3c4ccc5c6ccccc6n(-c6ccccc6)c5c4c4cccnc43)nc3ccccc23)cc1. The number of para-hydroxylation sites is 8. The Morgan fingerprint density at radius 3 is 0.812 bits per heavy atom. The third kappa shape index (κ3) is 12.8. The minimum atomic E-state index is 0.598.